The third kappa shape index (κ3) is 6.77. The van der Waals surface area contributed by atoms with Gasteiger partial charge in [0, 0.05) is 15.6 Å². The highest BCUT2D eigenvalue weighted by molar-refractivity contribution is 6.39. The van der Waals surface area contributed by atoms with Crippen LogP contribution in [0.1, 0.15) is 22.3 Å². The topological polar surface area (TPSA) is 84.9 Å². The molecule has 1 N–H and O–H groups in total. The van der Waals surface area contributed by atoms with E-state index in [2.05, 4.69) is 5.32 Å². The Morgan fingerprint density at radius 1 is 0.780 bits per heavy atom. The maximum atomic E-state index is 13.4. The molecule has 1 aliphatic heterocycles. The zero-order chi connectivity index (χ0) is 28.9. The number of carbonyl (C=O) groups is 3. The van der Waals surface area contributed by atoms with Gasteiger partial charge in [0.1, 0.15) is 30.3 Å². The number of nitrogens with zero attached hydrogens (tertiary/aromatic N) is 1. The maximum Gasteiger partial charge on any atom is 0.335 e. The molecule has 1 saturated heterocycles. The molecule has 0 atom stereocenters. The van der Waals surface area contributed by atoms with E-state index in [0.29, 0.717) is 33.7 Å². The molecule has 4 amide bonds. The number of aryl methyl sites for hydroxylation is 1. The molecule has 41 heavy (non-hydrogen) atoms. The molecule has 0 saturated carbocycles. The maximum absolute atomic E-state index is 13.4. The number of amides is 4. The number of imide groups is 2. The van der Waals surface area contributed by atoms with Gasteiger partial charge in [-0.05, 0) is 78.7 Å². The van der Waals surface area contributed by atoms with Crippen molar-refractivity contribution in [3.05, 3.63) is 129 Å². The Morgan fingerprint density at radius 2 is 1.49 bits per heavy atom. The summed E-state index contributed by atoms with van der Waals surface area (Å²) in [5.74, 6) is -0.633. The van der Waals surface area contributed by atoms with Crippen molar-refractivity contribution < 1.29 is 23.9 Å². The minimum Gasteiger partial charge on any atom is -0.489 e. The van der Waals surface area contributed by atoms with Gasteiger partial charge in [0.25, 0.3) is 11.8 Å². The summed E-state index contributed by atoms with van der Waals surface area (Å²) < 4.78 is 11.8. The fourth-order valence-corrected chi connectivity index (χ4v) is 4.52. The zero-order valence-corrected chi connectivity index (χ0v) is 23.4. The van der Waals surface area contributed by atoms with Gasteiger partial charge in [0.15, 0.2) is 0 Å². The number of hydrogen-bond donors (Lipinski definition) is 1. The molecule has 206 valence electrons. The molecule has 4 aromatic carbocycles. The standard InChI is InChI=1S/C32H24Cl2N2O5/c1-20-3-2-4-22(15-20)19-41-29-14-9-25(34)16-23(29)17-28-30(37)35-32(39)36(31(28)38)26-10-12-27(13-11-26)40-18-21-5-7-24(33)8-6-21/h2-17H,18-19H2,1H3,(H,35,37,39)/b28-17+. The lowest BCUT2D eigenvalue weighted by Crippen LogP contribution is -2.54. The van der Waals surface area contributed by atoms with E-state index >= 15 is 0 Å². The molecule has 4 aromatic rings. The second-order valence-electron chi connectivity index (χ2n) is 9.33. The molecule has 0 aromatic heterocycles. The van der Waals surface area contributed by atoms with Gasteiger partial charge in [-0.15, -0.1) is 0 Å². The summed E-state index contributed by atoms with van der Waals surface area (Å²) in [5.41, 5.74) is 3.44. The molecule has 0 bridgehead atoms. The quantitative estimate of drug-likeness (QED) is 0.175. The minimum atomic E-state index is -0.853. The number of ether oxygens (including phenoxy) is 2. The monoisotopic (exact) mass is 586 g/mol. The number of rotatable bonds is 8. The lowest BCUT2D eigenvalue weighted by atomic mass is 10.1. The summed E-state index contributed by atoms with van der Waals surface area (Å²) in [7, 11) is 0. The third-order valence-electron chi connectivity index (χ3n) is 6.26. The fourth-order valence-electron chi connectivity index (χ4n) is 4.21. The summed E-state index contributed by atoms with van der Waals surface area (Å²) in [6, 6.07) is 25.6. The first kappa shape index (κ1) is 28.0. The van der Waals surface area contributed by atoms with Crippen LogP contribution in [0.5, 0.6) is 11.5 Å². The van der Waals surface area contributed by atoms with Gasteiger partial charge in [0.05, 0.1) is 5.69 Å². The SMILES string of the molecule is Cc1cccc(COc2ccc(Cl)cc2/C=C2\C(=O)NC(=O)N(c3ccc(OCc4ccc(Cl)cc4)cc3)C2=O)c1. The molecular formula is C32H24Cl2N2O5. The number of carbonyl (C=O) groups excluding carboxylic acids is 3. The van der Waals surface area contributed by atoms with Crippen LogP contribution in [0, 0.1) is 6.92 Å². The van der Waals surface area contributed by atoms with Crippen LogP contribution in [0.25, 0.3) is 6.08 Å². The van der Waals surface area contributed by atoms with Crippen molar-refractivity contribution in [2.75, 3.05) is 4.90 Å². The Kier molecular flexibility index (Phi) is 8.38. The van der Waals surface area contributed by atoms with Crippen LogP contribution in [0.3, 0.4) is 0 Å². The van der Waals surface area contributed by atoms with E-state index in [-0.39, 0.29) is 17.9 Å². The molecule has 5 rings (SSSR count). The molecule has 1 heterocycles. The predicted octanol–water partition coefficient (Wildman–Crippen LogP) is 7.13. The number of hydrogen-bond acceptors (Lipinski definition) is 5. The van der Waals surface area contributed by atoms with Gasteiger partial charge in [0.2, 0.25) is 0 Å². The summed E-state index contributed by atoms with van der Waals surface area (Å²) in [5, 5.41) is 3.26. The van der Waals surface area contributed by atoms with Crippen LogP contribution in [0.2, 0.25) is 10.0 Å². The molecule has 0 aliphatic carbocycles. The third-order valence-corrected chi connectivity index (χ3v) is 6.75. The average molecular weight is 587 g/mol. The first-order chi connectivity index (χ1) is 19.8. The van der Waals surface area contributed by atoms with E-state index in [1.54, 1.807) is 54.6 Å². The van der Waals surface area contributed by atoms with Crippen molar-refractivity contribution >= 4 is 52.8 Å². The Labute approximate surface area is 246 Å². The first-order valence-electron chi connectivity index (χ1n) is 12.6. The number of anilines is 1. The first-order valence-corrected chi connectivity index (χ1v) is 13.4. The van der Waals surface area contributed by atoms with E-state index in [4.69, 9.17) is 32.7 Å². The smallest absolute Gasteiger partial charge is 0.335 e. The Balaban J connectivity index is 1.35. The van der Waals surface area contributed by atoms with Crippen LogP contribution in [-0.2, 0) is 22.8 Å². The highest BCUT2D eigenvalue weighted by Crippen LogP contribution is 2.29. The van der Waals surface area contributed by atoms with Gasteiger partial charge >= 0.3 is 6.03 Å². The van der Waals surface area contributed by atoms with Crippen molar-refractivity contribution in [3.63, 3.8) is 0 Å². The molecule has 9 heteroatoms. The molecule has 0 unspecified atom stereocenters. The normalized spacial score (nSPS) is 14.3. The van der Waals surface area contributed by atoms with Gasteiger partial charge < -0.3 is 9.47 Å². The molecule has 1 fully saturated rings. The van der Waals surface area contributed by atoms with E-state index in [0.717, 1.165) is 21.6 Å². The lowest BCUT2D eigenvalue weighted by molar-refractivity contribution is -0.122. The summed E-state index contributed by atoms with van der Waals surface area (Å²) in [4.78, 5) is 39.8. The summed E-state index contributed by atoms with van der Waals surface area (Å²) in [6.07, 6.45) is 1.37. The molecule has 0 radical (unpaired) electrons. The van der Waals surface area contributed by atoms with Crippen LogP contribution in [-0.4, -0.2) is 17.8 Å². The number of urea groups is 1. The van der Waals surface area contributed by atoms with Crippen molar-refractivity contribution in [2.45, 2.75) is 20.1 Å². The Morgan fingerprint density at radius 3 is 2.22 bits per heavy atom. The number of nitrogens with one attached hydrogen (secondary N) is 1. The van der Waals surface area contributed by atoms with Crippen molar-refractivity contribution in [2.24, 2.45) is 0 Å². The van der Waals surface area contributed by atoms with E-state index < -0.39 is 17.8 Å². The average Bonchev–Trinajstić information content (AvgIpc) is 2.95. The molecule has 1 aliphatic rings. The van der Waals surface area contributed by atoms with Gasteiger partial charge in [-0.25, -0.2) is 9.69 Å². The highest BCUT2D eigenvalue weighted by Gasteiger charge is 2.37. The Hall–Kier alpha value is -4.59. The lowest BCUT2D eigenvalue weighted by Gasteiger charge is -2.26. The van der Waals surface area contributed by atoms with Gasteiger partial charge in [-0.3, -0.25) is 14.9 Å². The largest absolute Gasteiger partial charge is 0.489 e. The van der Waals surface area contributed by atoms with Gasteiger partial charge in [-0.1, -0.05) is 65.2 Å². The van der Waals surface area contributed by atoms with Crippen LogP contribution in [0.4, 0.5) is 10.5 Å². The number of benzene rings is 4. The summed E-state index contributed by atoms with van der Waals surface area (Å²) in [6.45, 7) is 2.58. The van der Waals surface area contributed by atoms with Crippen molar-refractivity contribution in [3.8, 4) is 11.5 Å². The van der Waals surface area contributed by atoms with Crippen molar-refractivity contribution in [1.29, 1.82) is 0 Å². The van der Waals surface area contributed by atoms with E-state index in [1.165, 1.54) is 6.08 Å². The van der Waals surface area contributed by atoms with Crippen LogP contribution >= 0.6 is 23.2 Å². The van der Waals surface area contributed by atoms with E-state index in [9.17, 15) is 14.4 Å². The second kappa shape index (κ2) is 12.3. The predicted molar refractivity (Wildman–Crippen MR) is 158 cm³/mol. The zero-order valence-electron chi connectivity index (χ0n) is 21.9. The summed E-state index contributed by atoms with van der Waals surface area (Å²) >= 11 is 12.1. The fraction of sp³-hybridized carbons (Fsp3) is 0.0938. The van der Waals surface area contributed by atoms with Crippen LogP contribution in [0.15, 0.2) is 96.6 Å². The number of halogens is 2. The van der Waals surface area contributed by atoms with Crippen LogP contribution < -0.4 is 19.7 Å². The van der Waals surface area contributed by atoms with E-state index in [1.807, 2.05) is 43.3 Å². The molecule has 7 nitrogen and oxygen atoms in total. The van der Waals surface area contributed by atoms with Crippen molar-refractivity contribution in [1.82, 2.24) is 5.32 Å². The minimum absolute atomic E-state index is 0.240. The molecular weight excluding hydrogens is 563 g/mol. The Bertz CT molecular complexity index is 1650. The highest BCUT2D eigenvalue weighted by atomic mass is 35.5. The second-order valence-corrected chi connectivity index (χ2v) is 10.2. The molecule has 0 spiro atoms. The van der Waals surface area contributed by atoms with Gasteiger partial charge in [-0.2, -0.15) is 0 Å². The number of barbiturate groups is 1.